The summed E-state index contributed by atoms with van der Waals surface area (Å²) in [5.74, 6) is -0.398. The molecule has 0 radical (unpaired) electrons. The second-order valence-corrected chi connectivity index (χ2v) is 8.46. The van der Waals surface area contributed by atoms with E-state index in [0.29, 0.717) is 16.8 Å². The molecule has 0 aromatic heterocycles. The lowest BCUT2D eigenvalue weighted by Gasteiger charge is -2.39. The summed E-state index contributed by atoms with van der Waals surface area (Å²) in [7, 11) is 0. The highest BCUT2D eigenvalue weighted by atomic mass is 19.4. The molecule has 0 saturated heterocycles. The zero-order chi connectivity index (χ0) is 29.7. The lowest BCUT2D eigenvalue weighted by Crippen LogP contribution is -2.48. The van der Waals surface area contributed by atoms with Gasteiger partial charge in [0.25, 0.3) is 0 Å². The second kappa shape index (κ2) is 12.1. The highest BCUT2D eigenvalue weighted by Crippen LogP contribution is 2.43. The third-order valence-corrected chi connectivity index (χ3v) is 5.41. The second-order valence-electron chi connectivity index (χ2n) is 8.46. The number of rotatable bonds is 5. The maximum absolute atomic E-state index is 12.8. The van der Waals surface area contributed by atoms with Gasteiger partial charge in [0.1, 0.15) is 18.1 Å². The Morgan fingerprint density at radius 2 is 1.40 bits per heavy atom. The molecule has 0 bridgehead atoms. The molecule has 3 aromatic rings. The Hall–Kier alpha value is -3.81. The van der Waals surface area contributed by atoms with Gasteiger partial charge in [-0.1, -0.05) is 42.5 Å². The number of ether oxygens (including phenoxy) is 3. The van der Waals surface area contributed by atoms with Crippen LogP contribution in [0.15, 0.2) is 72.8 Å². The van der Waals surface area contributed by atoms with E-state index in [9.17, 15) is 44.6 Å². The van der Waals surface area contributed by atoms with Gasteiger partial charge in [-0.2, -0.15) is 13.2 Å². The van der Waals surface area contributed by atoms with Crippen molar-refractivity contribution in [2.75, 3.05) is 18.1 Å². The van der Waals surface area contributed by atoms with Crippen molar-refractivity contribution in [1.82, 2.24) is 0 Å². The van der Waals surface area contributed by atoms with E-state index >= 15 is 0 Å². The van der Waals surface area contributed by atoms with Crippen LogP contribution in [0.1, 0.15) is 6.92 Å². The number of β-amino-alcohol motifs (C(OH)–C–C–N with tert-alkyl or cyclic N) is 1. The zero-order valence-corrected chi connectivity index (χ0v) is 20.5. The molecule has 0 saturated carbocycles. The first-order chi connectivity index (χ1) is 18.5. The zero-order valence-electron chi connectivity index (χ0n) is 20.5. The fourth-order valence-corrected chi connectivity index (χ4v) is 3.71. The minimum absolute atomic E-state index is 0.0489. The average Bonchev–Trinajstić information content (AvgIpc) is 2.84. The summed E-state index contributed by atoms with van der Waals surface area (Å²) in [6.45, 7) is 1.01. The van der Waals surface area contributed by atoms with Crippen LogP contribution in [0, 0.1) is 0 Å². The van der Waals surface area contributed by atoms with Gasteiger partial charge in [-0.3, -0.25) is 0 Å². The van der Waals surface area contributed by atoms with Crippen LogP contribution >= 0.6 is 0 Å². The monoisotopic (exact) mass is 583 g/mol. The van der Waals surface area contributed by atoms with Gasteiger partial charge in [-0.25, -0.2) is 0 Å². The molecule has 5 nitrogen and oxygen atoms in total. The molecule has 40 heavy (non-hydrogen) atoms. The Kier molecular flexibility index (Phi) is 9.33. The minimum Gasteiger partial charge on any atom is -0.489 e. The van der Waals surface area contributed by atoms with Crippen LogP contribution in [-0.4, -0.2) is 49.3 Å². The van der Waals surface area contributed by atoms with Gasteiger partial charge in [0.05, 0.1) is 18.3 Å². The summed E-state index contributed by atoms with van der Waals surface area (Å²) in [6, 6.07) is 16.5. The van der Waals surface area contributed by atoms with Gasteiger partial charge >= 0.3 is 18.9 Å². The van der Waals surface area contributed by atoms with Crippen molar-refractivity contribution >= 4 is 5.69 Å². The number of alkyl halides is 9. The summed E-state index contributed by atoms with van der Waals surface area (Å²) < 4.78 is 124. The number of aliphatic hydroxyl groups is 1. The van der Waals surface area contributed by atoms with Crippen LogP contribution in [0.4, 0.5) is 45.2 Å². The third-order valence-electron chi connectivity index (χ3n) is 5.41. The average molecular weight is 583 g/mol. The first-order valence-electron chi connectivity index (χ1n) is 11.5. The van der Waals surface area contributed by atoms with Crippen LogP contribution in [-0.2, 0) is 0 Å². The Labute approximate surface area is 222 Å². The molecule has 2 atom stereocenters. The van der Waals surface area contributed by atoms with Crippen LogP contribution in [0.25, 0.3) is 11.1 Å². The number of benzene rings is 3. The standard InChI is InChI=1S/C19H17F6NO3.C7H5F3O/c1-11-10-28-17-14(12-4-2-5-13(8-12)29-19(23,24)25)6-3-7-15(17)26(11)9-16(27)18(20,21)22;8-7(9,10)11-6-4-2-1-3-5-6/h2-8,11,16,27H,9-10H2,1H3;1-5H/t11?,16-;/m0./s1. The number of anilines is 1. The van der Waals surface area contributed by atoms with Gasteiger partial charge in [0.2, 0.25) is 0 Å². The van der Waals surface area contributed by atoms with Crippen molar-refractivity contribution in [3.63, 3.8) is 0 Å². The number of hydrogen-bond donors (Lipinski definition) is 1. The Bertz CT molecular complexity index is 1250. The lowest BCUT2D eigenvalue weighted by atomic mass is 10.0. The first-order valence-corrected chi connectivity index (χ1v) is 11.5. The Morgan fingerprint density at radius 1 is 0.825 bits per heavy atom. The Morgan fingerprint density at radius 3 is 2.00 bits per heavy atom. The van der Waals surface area contributed by atoms with E-state index in [4.69, 9.17) is 4.74 Å². The number of fused-ring (bicyclic) bond motifs is 1. The van der Waals surface area contributed by atoms with Crippen molar-refractivity contribution in [2.24, 2.45) is 0 Å². The van der Waals surface area contributed by atoms with Crippen LogP contribution < -0.4 is 19.1 Å². The van der Waals surface area contributed by atoms with E-state index in [1.807, 2.05) is 0 Å². The maximum atomic E-state index is 12.8. The normalized spacial score (nSPS) is 16.2. The van der Waals surface area contributed by atoms with E-state index in [-0.39, 0.29) is 18.1 Å². The molecule has 4 rings (SSSR count). The van der Waals surface area contributed by atoms with E-state index in [2.05, 4.69) is 9.47 Å². The predicted molar refractivity (Wildman–Crippen MR) is 126 cm³/mol. The van der Waals surface area contributed by atoms with Crippen LogP contribution in [0.2, 0.25) is 0 Å². The third kappa shape index (κ3) is 8.86. The van der Waals surface area contributed by atoms with Crippen molar-refractivity contribution in [2.45, 2.75) is 38.0 Å². The topological polar surface area (TPSA) is 51.2 Å². The van der Waals surface area contributed by atoms with Gasteiger partial charge < -0.3 is 24.2 Å². The smallest absolute Gasteiger partial charge is 0.489 e. The molecule has 0 amide bonds. The van der Waals surface area contributed by atoms with Crippen molar-refractivity contribution in [3.8, 4) is 28.4 Å². The number of nitrogens with zero attached hydrogens (tertiary/aromatic N) is 1. The lowest BCUT2D eigenvalue weighted by molar-refractivity contribution is -0.275. The molecular weight excluding hydrogens is 561 g/mol. The van der Waals surface area contributed by atoms with Gasteiger partial charge in [0, 0.05) is 5.56 Å². The molecule has 1 unspecified atom stereocenters. The Balaban J connectivity index is 0.000000336. The van der Waals surface area contributed by atoms with Crippen LogP contribution in [0.3, 0.4) is 0 Å². The maximum Gasteiger partial charge on any atom is 0.573 e. The molecule has 1 N–H and O–H groups in total. The summed E-state index contributed by atoms with van der Waals surface area (Å²) in [5.41, 5.74) is 1.05. The predicted octanol–water partition coefficient (Wildman–Crippen LogP) is 7.35. The largest absolute Gasteiger partial charge is 0.573 e. The molecule has 1 heterocycles. The number of halogens is 9. The SMILES string of the molecule is CC1COc2c(-c3cccc(OC(F)(F)F)c3)cccc2N1C[C@H](O)C(F)(F)F.FC(F)(F)Oc1ccccc1. The summed E-state index contributed by atoms with van der Waals surface area (Å²) in [6.07, 6.45) is -16.8. The number of para-hydroxylation sites is 2. The van der Waals surface area contributed by atoms with Crippen molar-refractivity contribution < 1.29 is 58.8 Å². The molecule has 218 valence electrons. The summed E-state index contributed by atoms with van der Waals surface area (Å²) in [4.78, 5) is 1.37. The molecule has 1 aliphatic heterocycles. The molecule has 0 aliphatic carbocycles. The molecule has 3 aromatic carbocycles. The van der Waals surface area contributed by atoms with Gasteiger partial charge in [0.15, 0.2) is 11.9 Å². The van der Waals surface area contributed by atoms with E-state index in [1.54, 1.807) is 25.1 Å². The minimum atomic E-state index is -4.86. The molecule has 14 heteroatoms. The first kappa shape index (κ1) is 30.7. The molecule has 0 fully saturated rings. The highest BCUT2D eigenvalue weighted by Gasteiger charge is 2.41. The van der Waals surface area contributed by atoms with E-state index < -0.39 is 43.3 Å². The van der Waals surface area contributed by atoms with Gasteiger partial charge in [-0.05, 0) is 42.8 Å². The number of hydrogen-bond acceptors (Lipinski definition) is 5. The highest BCUT2D eigenvalue weighted by molar-refractivity contribution is 5.80. The van der Waals surface area contributed by atoms with Crippen LogP contribution in [0.5, 0.6) is 17.2 Å². The van der Waals surface area contributed by atoms with E-state index in [0.717, 1.165) is 6.07 Å². The van der Waals surface area contributed by atoms with Crippen molar-refractivity contribution in [1.29, 1.82) is 0 Å². The summed E-state index contributed by atoms with van der Waals surface area (Å²) in [5, 5.41) is 9.48. The fraction of sp³-hybridized carbons (Fsp3) is 0.308. The van der Waals surface area contributed by atoms with Crippen molar-refractivity contribution in [3.05, 3.63) is 72.8 Å². The van der Waals surface area contributed by atoms with Gasteiger partial charge in [-0.15, -0.1) is 26.3 Å². The quantitative estimate of drug-likeness (QED) is 0.319. The molecule has 0 spiro atoms. The molecular formula is C26H22F9NO4. The van der Waals surface area contributed by atoms with E-state index in [1.165, 1.54) is 53.4 Å². The number of aliphatic hydroxyl groups excluding tert-OH is 1. The molecule has 1 aliphatic rings. The summed E-state index contributed by atoms with van der Waals surface area (Å²) >= 11 is 0. The fourth-order valence-electron chi connectivity index (χ4n) is 3.71.